The molecule has 0 atom stereocenters. The average molecular weight is 449 g/mol. The van der Waals surface area contributed by atoms with E-state index in [0.717, 1.165) is 56.1 Å². The van der Waals surface area contributed by atoms with Gasteiger partial charge < -0.3 is 15.2 Å². The van der Waals surface area contributed by atoms with Crippen LogP contribution < -0.4 is 10.9 Å². The topological polar surface area (TPSA) is 69.2 Å². The van der Waals surface area contributed by atoms with Crippen molar-refractivity contribution in [2.75, 3.05) is 33.2 Å². The summed E-state index contributed by atoms with van der Waals surface area (Å²) in [6.45, 7) is 8.32. The molecule has 7 nitrogen and oxygen atoms in total. The van der Waals surface area contributed by atoms with Crippen molar-refractivity contribution in [3.8, 4) is 0 Å². The number of hydrogen-bond acceptors (Lipinski definition) is 5. The second-order valence-corrected chi connectivity index (χ2v) is 9.85. The van der Waals surface area contributed by atoms with Crippen molar-refractivity contribution in [3.63, 3.8) is 0 Å². The molecular weight excluding hydrogens is 412 g/mol. The molecule has 33 heavy (non-hydrogen) atoms. The maximum Gasteiger partial charge on any atom is 0.252 e. The molecule has 2 aromatic heterocycles. The number of hydrogen-bond donors (Lipinski definition) is 2. The predicted molar refractivity (Wildman–Crippen MR) is 132 cm³/mol. The van der Waals surface area contributed by atoms with Crippen LogP contribution in [0.3, 0.4) is 0 Å². The van der Waals surface area contributed by atoms with E-state index in [1.54, 1.807) is 0 Å². The lowest BCUT2D eigenvalue weighted by molar-refractivity contribution is 0.148. The van der Waals surface area contributed by atoms with Crippen molar-refractivity contribution >= 4 is 10.9 Å². The molecule has 3 heterocycles. The van der Waals surface area contributed by atoms with Crippen LogP contribution >= 0.6 is 0 Å². The van der Waals surface area contributed by atoms with Crippen LogP contribution in [0.2, 0.25) is 0 Å². The van der Waals surface area contributed by atoms with Gasteiger partial charge in [0.25, 0.3) is 5.56 Å². The first-order chi connectivity index (χ1) is 16.1. The smallest absolute Gasteiger partial charge is 0.252 e. The lowest BCUT2D eigenvalue weighted by Crippen LogP contribution is -2.44. The molecule has 3 aromatic rings. The molecule has 2 fully saturated rings. The van der Waals surface area contributed by atoms with E-state index in [0.29, 0.717) is 12.6 Å². The summed E-state index contributed by atoms with van der Waals surface area (Å²) in [6, 6.07) is 9.16. The van der Waals surface area contributed by atoms with Crippen LogP contribution in [0, 0.1) is 6.92 Å². The van der Waals surface area contributed by atoms with Crippen LogP contribution in [0.5, 0.6) is 0 Å². The Kier molecular flexibility index (Phi) is 6.62. The predicted octanol–water partition coefficient (Wildman–Crippen LogP) is 3.19. The van der Waals surface area contributed by atoms with Gasteiger partial charge in [-0.3, -0.25) is 14.4 Å². The first-order valence-electron chi connectivity index (χ1n) is 12.4. The Balaban J connectivity index is 1.30. The fraction of sp³-hybridized carbons (Fsp3) is 0.538. The van der Waals surface area contributed by atoms with Gasteiger partial charge in [-0.2, -0.15) is 5.10 Å². The molecule has 0 bridgehead atoms. The molecule has 1 saturated carbocycles. The highest BCUT2D eigenvalue weighted by molar-refractivity contribution is 5.82. The van der Waals surface area contributed by atoms with Crippen LogP contribution in [0.25, 0.3) is 10.9 Å². The number of aromatic nitrogens is 3. The van der Waals surface area contributed by atoms with Gasteiger partial charge in [-0.25, -0.2) is 0 Å². The summed E-state index contributed by atoms with van der Waals surface area (Å²) < 4.78 is 2.23. The molecule has 2 aliphatic rings. The summed E-state index contributed by atoms with van der Waals surface area (Å²) in [5.74, 6) is 0. The number of aromatic amines is 1. The standard InChI is InChI=1S/C26H36N6O/c1-19-14-21(18-31-12-10-30(2)11-13-31)24(26(33)29-19)16-27-15-20-6-5-9-25-23(20)17-28-32(25)22-7-3-4-8-22/h5-6,9,14,17,22,27H,3-4,7-8,10-13,15-16,18H2,1-2H3,(H,29,33). The second-order valence-electron chi connectivity index (χ2n) is 9.85. The van der Waals surface area contributed by atoms with E-state index in [9.17, 15) is 4.79 Å². The number of pyridine rings is 1. The quantitative estimate of drug-likeness (QED) is 0.581. The van der Waals surface area contributed by atoms with Gasteiger partial charge in [0.05, 0.1) is 17.8 Å². The fourth-order valence-corrected chi connectivity index (χ4v) is 5.41. The molecular formula is C26H36N6O. The summed E-state index contributed by atoms with van der Waals surface area (Å²) >= 11 is 0. The molecule has 2 N–H and O–H groups in total. The number of piperazine rings is 1. The van der Waals surface area contributed by atoms with E-state index in [2.05, 4.69) is 56.1 Å². The molecule has 5 rings (SSSR count). The van der Waals surface area contributed by atoms with Gasteiger partial charge in [0.1, 0.15) is 0 Å². The maximum atomic E-state index is 12.8. The lowest BCUT2D eigenvalue weighted by Gasteiger charge is -2.32. The molecule has 0 amide bonds. The lowest BCUT2D eigenvalue weighted by atomic mass is 10.1. The van der Waals surface area contributed by atoms with E-state index in [4.69, 9.17) is 5.10 Å². The minimum Gasteiger partial charge on any atom is -0.326 e. The van der Waals surface area contributed by atoms with Gasteiger partial charge in [-0.1, -0.05) is 25.0 Å². The normalized spacial score (nSPS) is 18.5. The van der Waals surface area contributed by atoms with Crippen molar-refractivity contribution in [2.24, 2.45) is 0 Å². The van der Waals surface area contributed by atoms with E-state index < -0.39 is 0 Å². The molecule has 1 aromatic carbocycles. The summed E-state index contributed by atoms with van der Waals surface area (Å²) in [6.07, 6.45) is 7.07. The first-order valence-corrected chi connectivity index (χ1v) is 12.4. The van der Waals surface area contributed by atoms with Crippen molar-refractivity contribution < 1.29 is 0 Å². The molecule has 1 aliphatic carbocycles. The third kappa shape index (κ3) is 4.90. The molecule has 0 unspecified atom stereocenters. The van der Waals surface area contributed by atoms with E-state index >= 15 is 0 Å². The van der Waals surface area contributed by atoms with E-state index in [1.807, 2.05) is 13.1 Å². The second kappa shape index (κ2) is 9.79. The van der Waals surface area contributed by atoms with Crippen molar-refractivity contribution in [1.82, 2.24) is 29.9 Å². The number of fused-ring (bicyclic) bond motifs is 1. The molecule has 0 spiro atoms. The molecule has 176 valence electrons. The average Bonchev–Trinajstić information content (AvgIpc) is 3.47. The number of rotatable bonds is 7. The van der Waals surface area contributed by atoms with Crippen LogP contribution in [0.4, 0.5) is 0 Å². The Morgan fingerprint density at radius 2 is 1.88 bits per heavy atom. The summed E-state index contributed by atoms with van der Waals surface area (Å²) in [5, 5.41) is 9.50. The van der Waals surface area contributed by atoms with E-state index in [-0.39, 0.29) is 5.56 Å². The number of nitrogens with one attached hydrogen (secondary N) is 2. The van der Waals surface area contributed by atoms with Gasteiger partial charge >= 0.3 is 0 Å². The Bertz CT molecular complexity index is 1150. The summed E-state index contributed by atoms with van der Waals surface area (Å²) in [7, 11) is 2.17. The van der Waals surface area contributed by atoms with Gasteiger partial charge in [0.2, 0.25) is 0 Å². The largest absolute Gasteiger partial charge is 0.326 e. The van der Waals surface area contributed by atoms with Crippen LogP contribution in [0.15, 0.2) is 35.3 Å². The molecule has 1 aliphatic heterocycles. The number of H-pyrrole nitrogens is 1. The highest BCUT2D eigenvalue weighted by Gasteiger charge is 2.20. The zero-order valence-electron chi connectivity index (χ0n) is 19.9. The molecule has 0 radical (unpaired) electrons. The first kappa shape index (κ1) is 22.3. The van der Waals surface area contributed by atoms with Crippen LogP contribution in [0.1, 0.15) is 54.1 Å². The van der Waals surface area contributed by atoms with Crippen LogP contribution in [-0.2, 0) is 19.6 Å². The van der Waals surface area contributed by atoms with Crippen molar-refractivity contribution in [2.45, 2.75) is 58.3 Å². The van der Waals surface area contributed by atoms with Gasteiger partial charge in [0, 0.05) is 62.5 Å². The third-order valence-electron chi connectivity index (χ3n) is 7.37. The third-order valence-corrected chi connectivity index (χ3v) is 7.37. The van der Waals surface area contributed by atoms with Gasteiger partial charge in [0.15, 0.2) is 0 Å². The Morgan fingerprint density at radius 3 is 2.67 bits per heavy atom. The Labute approximate surface area is 195 Å². The zero-order valence-corrected chi connectivity index (χ0v) is 19.9. The van der Waals surface area contributed by atoms with Gasteiger partial charge in [-0.05, 0) is 50.1 Å². The fourth-order valence-electron chi connectivity index (χ4n) is 5.41. The van der Waals surface area contributed by atoms with Crippen LogP contribution in [-0.4, -0.2) is 57.8 Å². The molecule has 1 saturated heterocycles. The number of benzene rings is 1. The van der Waals surface area contributed by atoms with E-state index in [1.165, 1.54) is 42.1 Å². The Morgan fingerprint density at radius 1 is 1.09 bits per heavy atom. The van der Waals surface area contributed by atoms with Gasteiger partial charge in [-0.15, -0.1) is 0 Å². The monoisotopic (exact) mass is 448 g/mol. The zero-order chi connectivity index (χ0) is 22.8. The van der Waals surface area contributed by atoms with Crippen molar-refractivity contribution in [3.05, 3.63) is 63.2 Å². The SMILES string of the molecule is Cc1cc(CN2CCN(C)CC2)c(CNCc2cccc3c2cnn3C2CCCC2)c(=O)[nH]1. The minimum atomic E-state index is 0.0267. The summed E-state index contributed by atoms with van der Waals surface area (Å²) in [4.78, 5) is 20.6. The maximum absolute atomic E-state index is 12.8. The number of aryl methyl sites for hydroxylation is 1. The highest BCUT2D eigenvalue weighted by Crippen LogP contribution is 2.32. The highest BCUT2D eigenvalue weighted by atomic mass is 16.1. The number of nitrogens with zero attached hydrogens (tertiary/aromatic N) is 4. The Hall–Kier alpha value is -2.48. The number of likely N-dealkylation sites (N-methyl/N-ethyl adjacent to an activating group) is 1. The van der Waals surface area contributed by atoms with Crippen molar-refractivity contribution in [1.29, 1.82) is 0 Å². The summed E-state index contributed by atoms with van der Waals surface area (Å²) in [5.41, 5.74) is 5.41. The minimum absolute atomic E-state index is 0.0267. The molecule has 7 heteroatoms.